The number of primary amides is 1. The first-order chi connectivity index (χ1) is 13.5. The summed E-state index contributed by atoms with van der Waals surface area (Å²) >= 11 is 1.50. The lowest BCUT2D eigenvalue weighted by Crippen LogP contribution is -2.17. The van der Waals surface area contributed by atoms with Crippen LogP contribution in [0.3, 0.4) is 0 Å². The van der Waals surface area contributed by atoms with Crippen LogP contribution in [-0.2, 0) is 4.79 Å². The van der Waals surface area contributed by atoms with Gasteiger partial charge in [0.15, 0.2) is 4.96 Å². The average Bonchev–Trinajstić information content (AvgIpc) is 3.25. The van der Waals surface area contributed by atoms with E-state index in [4.69, 9.17) is 15.6 Å². The van der Waals surface area contributed by atoms with Crippen molar-refractivity contribution in [3.63, 3.8) is 0 Å². The molecule has 0 aliphatic heterocycles. The summed E-state index contributed by atoms with van der Waals surface area (Å²) in [6, 6.07) is 12.7. The lowest BCUT2D eigenvalue weighted by molar-refractivity contribution is -0.122. The van der Waals surface area contributed by atoms with Gasteiger partial charge in [-0.3, -0.25) is 18.8 Å². The average molecular weight is 396 g/mol. The first-order valence-electron chi connectivity index (χ1n) is 8.10. The minimum absolute atomic E-state index is 0.117. The van der Waals surface area contributed by atoms with Crippen LogP contribution in [0.4, 0.5) is 0 Å². The molecule has 0 aliphatic rings. The number of fused-ring (bicyclic) bond motifs is 3. The molecule has 2 aromatic carbocycles. The van der Waals surface area contributed by atoms with E-state index in [2.05, 4.69) is 10.3 Å². The van der Waals surface area contributed by atoms with Crippen molar-refractivity contribution >= 4 is 44.8 Å². The number of thiazole rings is 1. The van der Waals surface area contributed by atoms with Gasteiger partial charge in [-0.15, -0.1) is 0 Å². The number of aromatic nitrogens is 2. The van der Waals surface area contributed by atoms with Crippen molar-refractivity contribution in [2.24, 2.45) is 5.73 Å². The van der Waals surface area contributed by atoms with Crippen molar-refractivity contribution in [2.75, 3.05) is 7.05 Å². The molecular formula is C19H16N4O4S. The molecule has 0 bridgehead atoms. The van der Waals surface area contributed by atoms with Crippen LogP contribution in [-0.4, -0.2) is 39.8 Å². The highest BCUT2D eigenvalue weighted by Crippen LogP contribution is 2.30. The smallest absolute Gasteiger partial charge is 0.290 e. The van der Waals surface area contributed by atoms with Gasteiger partial charge in [-0.25, -0.2) is 4.98 Å². The fraction of sp³-hybridized carbons (Fsp3) is 0.0526. The van der Waals surface area contributed by atoms with Crippen molar-refractivity contribution in [1.82, 2.24) is 14.7 Å². The third kappa shape index (κ3) is 3.55. The number of hydrogen-bond donors (Lipinski definition) is 3. The van der Waals surface area contributed by atoms with Crippen LogP contribution in [0.25, 0.3) is 26.4 Å². The zero-order valence-corrected chi connectivity index (χ0v) is 15.6. The van der Waals surface area contributed by atoms with Gasteiger partial charge in [0.2, 0.25) is 5.91 Å². The Morgan fingerprint density at radius 3 is 2.43 bits per heavy atom. The summed E-state index contributed by atoms with van der Waals surface area (Å²) in [4.78, 5) is 36.8. The van der Waals surface area contributed by atoms with Crippen molar-refractivity contribution < 1.29 is 19.5 Å². The fourth-order valence-corrected chi connectivity index (χ4v) is 3.78. The Kier molecular flexibility index (Phi) is 5.37. The number of nitrogens with zero attached hydrogens (tertiary/aromatic N) is 2. The molecule has 0 fully saturated rings. The lowest BCUT2D eigenvalue weighted by Gasteiger charge is -2.01. The zero-order valence-electron chi connectivity index (χ0n) is 14.7. The summed E-state index contributed by atoms with van der Waals surface area (Å²) in [7, 11) is 1.61. The molecule has 0 aliphatic carbocycles. The first kappa shape index (κ1) is 19.1. The van der Waals surface area contributed by atoms with Gasteiger partial charge in [0, 0.05) is 29.9 Å². The van der Waals surface area contributed by atoms with Gasteiger partial charge < -0.3 is 16.2 Å². The molecule has 142 valence electrons. The second-order valence-electron chi connectivity index (χ2n) is 5.69. The maximum Gasteiger partial charge on any atom is 0.290 e. The molecule has 28 heavy (non-hydrogen) atoms. The van der Waals surface area contributed by atoms with E-state index in [9.17, 15) is 9.59 Å². The van der Waals surface area contributed by atoms with Gasteiger partial charge in [-0.05, 0) is 30.3 Å². The van der Waals surface area contributed by atoms with Crippen molar-refractivity contribution in [3.05, 3.63) is 59.8 Å². The van der Waals surface area contributed by atoms with E-state index < -0.39 is 5.91 Å². The monoisotopic (exact) mass is 396 g/mol. The topological polar surface area (TPSA) is 127 Å². The van der Waals surface area contributed by atoms with E-state index in [1.807, 2.05) is 28.8 Å². The number of carboxylic acid groups (broad SMARTS) is 1. The number of carbonyl (C=O) groups is 3. The number of amides is 2. The molecule has 8 nitrogen and oxygen atoms in total. The molecule has 2 heterocycles. The molecule has 0 saturated carbocycles. The predicted molar refractivity (Wildman–Crippen MR) is 107 cm³/mol. The van der Waals surface area contributed by atoms with Crippen molar-refractivity contribution in [3.8, 4) is 11.3 Å². The molecule has 0 saturated heterocycles. The Bertz CT molecular complexity index is 1180. The van der Waals surface area contributed by atoms with Gasteiger partial charge in [0.1, 0.15) is 0 Å². The summed E-state index contributed by atoms with van der Waals surface area (Å²) in [5.41, 5.74) is 9.17. The maximum atomic E-state index is 11.6. The van der Waals surface area contributed by atoms with E-state index >= 15 is 0 Å². The molecule has 0 radical (unpaired) electrons. The largest absolute Gasteiger partial charge is 0.483 e. The standard InChI is InChI=1S/C18H14N4O2S.CH2O2/c1-20-17(24)11-4-2-10(3-5-11)13-9-22-14-7-6-12(16(19)23)8-15(14)25-18(22)21-13;2-1-3/h2-9H,1H3,(H2,19,23)(H,20,24);1H,(H,2,3). The lowest BCUT2D eigenvalue weighted by atomic mass is 10.1. The Labute approximate surface area is 163 Å². The highest BCUT2D eigenvalue weighted by atomic mass is 32.1. The second kappa shape index (κ2) is 7.89. The molecule has 4 rings (SSSR count). The quantitative estimate of drug-likeness (QED) is 0.458. The molecular weight excluding hydrogens is 380 g/mol. The number of imidazole rings is 1. The molecule has 2 amide bonds. The van der Waals surface area contributed by atoms with Crippen LogP contribution < -0.4 is 11.1 Å². The molecule has 0 spiro atoms. The van der Waals surface area contributed by atoms with E-state index in [0.717, 1.165) is 26.4 Å². The SMILES string of the molecule is CNC(=O)c1ccc(-c2cn3c(n2)sc2cc(C(N)=O)ccc23)cc1.O=CO. The zero-order chi connectivity index (χ0) is 20.3. The van der Waals surface area contributed by atoms with Gasteiger partial charge in [-0.1, -0.05) is 23.5 Å². The molecule has 2 aromatic heterocycles. The number of nitrogens with two attached hydrogens (primary N) is 1. The fourth-order valence-electron chi connectivity index (χ4n) is 2.73. The van der Waals surface area contributed by atoms with E-state index in [-0.39, 0.29) is 12.4 Å². The van der Waals surface area contributed by atoms with Crippen LogP contribution in [0.15, 0.2) is 48.7 Å². The normalized spacial score (nSPS) is 10.3. The van der Waals surface area contributed by atoms with E-state index in [1.165, 1.54) is 11.3 Å². The third-order valence-electron chi connectivity index (χ3n) is 4.05. The highest BCUT2D eigenvalue weighted by molar-refractivity contribution is 7.23. The van der Waals surface area contributed by atoms with Gasteiger partial charge in [0.05, 0.1) is 15.9 Å². The van der Waals surface area contributed by atoms with Crippen LogP contribution >= 0.6 is 11.3 Å². The highest BCUT2D eigenvalue weighted by Gasteiger charge is 2.12. The van der Waals surface area contributed by atoms with Gasteiger partial charge in [-0.2, -0.15) is 0 Å². The summed E-state index contributed by atoms with van der Waals surface area (Å²) in [5.74, 6) is -0.557. The first-order valence-corrected chi connectivity index (χ1v) is 8.92. The molecule has 4 aromatic rings. The Morgan fingerprint density at radius 1 is 1.18 bits per heavy atom. The van der Waals surface area contributed by atoms with E-state index in [0.29, 0.717) is 11.1 Å². The number of carbonyl (C=O) groups excluding carboxylic acids is 2. The minimum atomic E-state index is -0.440. The molecule has 4 N–H and O–H groups in total. The molecule has 0 unspecified atom stereocenters. The number of hydrogen-bond acceptors (Lipinski definition) is 5. The predicted octanol–water partition coefficient (Wildman–Crippen LogP) is 2.38. The number of benzene rings is 2. The third-order valence-corrected chi connectivity index (χ3v) is 5.07. The van der Waals surface area contributed by atoms with Crippen LogP contribution in [0.1, 0.15) is 20.7 Å². The van der Waals surface area contributed by atoms with Crippen molar-refractivity contribution in [2.45, 2.75) is 0 Å². The Balaban J connectivity index is 0.000000706. The molecule has 0 atom stereocenters. The maximum absolute atomic E-state index is 11.6. The summed E-state index contributed by atoms with van der Waals surface area (Å²) in [6.07, 6.45) is 1.95. The second-order valence-corrected chi connectivity index (χ2v) is 6.70. The number of rotatable bonds is 3. The van der Waals surface area contributed by atoms with Gasteiger partial charge >= 0.3 is 0 Å². The summed E-state index contributed by atoms with van der Waals surface area (Å²) in [6.45, 7) is -0.250. The summed E-state index contributed by atoms with van der Waals surface area (Å²) < 4.78 is 2.95. The summed E-state index contributed by atoms with van der Waals surface area (Å²) in [5, 5.41) is 9.49. The minimum Gasteiger partial charge on any atom is -0.483 e. The van der Waals surface area contributed by atoms with E-state index in [1.54, 1.807) is 31.3 Å². The van der Waals surface area contributed by atoms with Crippen LogP contribution in [0.2, 0.25) is 0 Å². The Morgan fingerprint density at radius 2 is 1.82 bits per heavy atom. The van der Waals surface area contributed by atoms with Gasteiger partial charge in [0.25, 0.3) is 12.4 Å². The number of nitrogens with one attached hydrogen (secondary N) is 1. The Hall–Kier alpha value is -3.72. The van der Waals surface area contributed by atoms with Crippen LogP contribution in [0, 0.1) is 0 Å². The van der Waals surface area contributed by atoms with Crippen molar-refractivity contribution in [1.29, 1.82) is 0 Å². The van der Waals surface area contributed by atoms with Crippen LogP contribution in [0.5, 0.6) is 0 Å². The molecule has 9 heteroatoms.